The van der Waals surface area contributed by atoms with Crippen LogP contribution in [0.4, 0.5) is 0 Å². The normalized spacial score (nSPS) is 10.5. The van der Waals surface area contributed by atoms with Crippen LogP contribution < -0.4 is 4.74 Å². The lowest BCUT2D eigenvalue weighted by Crippen LogP contribution is -2.02. The van der Waals surface area contributed by atoms with Crippen LogP contribution in [-0.2, 0) is 0 Å². The summed E-state index contributed by atoms with van der Waals surface area (Å²) in [6.07, 6.45) is 7.66. The molecule has 0 fully saturated rings. The van der Waals surface area contributed by atoms with E-state index in [0.29, 0.717) is 22.8 Å². The molecule has 0 amide bonds. The molecule has 0 bridgehead atoms. The Balaban J connectivity index is 2.43. The third-order valence-electron chi connectivity index (χ3n) is 3.22. The fraction of sp³-hybridized carbons (Fsp3) is 0.562. The summed E-state index contributed by atoms with van der Waals surface area (Å²) in [5, 5.41) is 0.576. The van der Waals surface area contributed by atoms with Crippen LogP contribution in [0.25, 0.3) is 0 Å². The fourth-order valence-electron chi connectivity index (χ4n) is 2.10. The molecule has 0 radical (unpaired) electrons. The second-order valence-corrected chi connectivity index (χ2v) is 5.22. The number of unbranched alkanes of at least 4 members (excludes halogenated alkanes) is 5. The van der Waals surface area contributed by atoms with E-state index in [2.05, 4.69) is 6.92 Å². The molecule has 0 aliphatic heterocycles. The van der Waals surface area contributed by atoms with Crippen molar-refractivity contribution in [1.82, 2.24) is 0 Å². The van der Waals surface area contributed by atoms with Gasteiger partial charge in [-0.3, -0.25) is 4.79 Å². The van der Waals surface area contributed by atoms with Gasteiger partial charge in [0.2, 0.25) is 0 Å². The summed E-state index contributed by atoms with van der Waals surface area (Å²) in [4.78, 5) is 12.1. The summed E-state index contributed by atoms with van der Waals surface area (Å²) < 4.78 is 5.20. The van der Waals surface area contributed by atoms with Crippen LogP contribution in [0.15, 0.2) is 18.2 Å². The summed E-state index contributed by atoms with van der Waals surface area (Å²) >= 11 is 5.93. The van der Waals surface area contributed by atoms with Crippen molar-refractivity contribution in [2.24, 2.45) is 0 Å². The molecule has 0 spiro atoms. The van der Waals surface area contributed by atoms with Crippen molar-refractivity contribution in [3.8, 4) is 5.75 Å². The summed E-state index contributed by atoms with van der Waals surface area (Å²) in [6.45, 7) is 2.20. The van der Waals surface area contributed by atoms with Crippen molar-refractivity contribution >= 4 is 17.4 Å². The van der Waals surface area contributed by atoms with Gasteiger partial charge in [0.15, 0.2) is 5.78 Å². The first kappa shape index (κ1) is 16.0. The molecule has 0 aliphatic carbocycles. The highest BCUT2D eigenvalue weighted by Gasteiger charge is 2.12. The summed E-state index contributed by atoms with van der Waals surface area (Å²) in [5.74, 6) is 0.732. The van der Waals surface area contributed by atoms with Gasteiger partial charge in [-0.05, 0) is 24.6 Å². The molecule has 19 heavy (non-hydrogen) atoms. The Bertz CT molecular complexity index is 402. The van der Waals surface area contributed by atoms with Crippen molar-refractivity contribution < 1.29 is 9.53 Å². The monoisotopic (exact) mass is 282 g/mol. The Morgan fingerprint density at radius 1 is 1.16 bits per heavy atom. The Kier molecular flexibility index (Phi) is 7.57. The maximum atomic E-state index is 12.1. The highest BCUT2D eigenvalue weighted by atomic mass is 35.5. The lowest BCUT2D eigenvalue weighted by atomic mass is 10.0. The second kappa shape index (κ2) is 8.98. The molecule has 0 aliphatic rings. The molecule has 0 N–H and O–H groups in total. The van der Waals surface area contributed by atoms with E-state index in [1.54, 1.807) is 25.3 Å². The van der Waals surface area contributed by atoms with Gasteiger partial charge in [-0.25, -0.2) is 0 Å². The summed E-state index contributed by atoms with van der Waals surface area (Å²) in [5.41, 5.74) is 0.601. The van der Waals surface area contributed by atoms with Crippen molar-refractivity contribution in [1.29, 1.82) is 0 Å². The number of Topliss-reactive ketones (excluding diaryl/α,β-unsaturated/α-hetero) is 1. The number of carbonyl (C=O) groups is 1. The van der Waals surface area contributed by atoms with Crippen LogP contribution in [-0.4, -0.2) is 12.9 Å². The summed E-state index contributed by atoms with van der Waals surface area (Å²) in [7, 11) is 1.57. The standard InChI is InChI=1S/C16H23ClO2/c1-3-4-5-6-7-8-9-15(18)14-12-13(17)10-11-16(14)19-2/h10-12H,3-9H2,1-2H3. The van der Waals surface area contributed by atoms with Gasteiger partial charge in [-0.1, -0.05) is 50.6 Å². The zero-order valence-electron chi connectivity index (χ0n) is 11.9. The molecule has 2 nitrogen and oxygen atoms in total. The first-order chi connectivity index (χ1) is 9.19. The molecule has 0 unspecified atom stereocenters. The fourth-order valence-corrected chi connectivity index (χ4v) is 2.27. The summed E-state index contributed by atoms with van der Waals surface area (Å²) in [6, 6.07) is 5.18. The van der Waals surface area contributed by atoms with E-state index in [4.69, 9.17) is 16.3 Å². The van der Waals surface area contributed by atoms with Crippen LogP contribution in [0.5, 0.6) is 5.75 Å². The van der Waals surface area contributed by atoms with Gasteiger partial charge in [-0.15, -0.1) is 0 Å². The van der Waals surface area contributed by atoms with E-state index in [-0.39, 0.29) is 5.78 Å². The molecule has 0 saturated carbocycles. The maximum absolute atomic E-state index is 12.1. The molecule has 3 heteroatoms. The van der Waals surface area contributed by atoms with Gasteiger partial charge in [0.05, 0.1) is 12.7 Å². The molecule has 1 rings (SSSR count). The van der Waals surface area contributed by atoms with E-state index in [1.165, 1.54) is 25.7 Å². The van der Waals surface area contributed by atoms with E-state index in [1.807, 2.05) is 0 Å². The molecular weight excluding hydrogens is 260 g/mol. The number of ketones is 1. The van der Waals surface area contributed by atoms with Crippen LogP contribution in [0.3, 0.4) is 0 Å². The molecule has 1 aromatic rings. The Hall–Kier alpha value is -1.02. The van der Waals surface area contributed by atoms with Crippen molar-refractivity contribution in [3.05, 3.63) is 28.8 Å². The first-order valence-corrected chi connectivity index (χ1v) is 7.43. The van der Waals surface area contributed by atoms with Crippen molar-refractivity contribution in [3.63, 3.8) is 0 Å². The Labute approximate surface area is 121 Å². The van der Waals surface area contributed by atoms with Crippen molar-refractivity contribution in [2.45, 2.75) is 51.9 Å². The Morgan fingerprint density at radius 2 is 1.84 bits per heavy atom. The minimum atomic E-state index is 0.120. The van der Waals surface area contributed by atoms with E-state index in [0.717, 1.165) is 12.8 Å². The largest absolute Gasteiger partial charge is 0.496 e. The number of hydrogen-bond donors (Lipinski definition) is 0. The molecular formula is C16H23ClO2. The third kappa shape index (κ3) is 5.65. The first-order valence-electron chi connectivity index (χ1n) is 7.05. The lowest BCUT2D eigenvalue weighted by Gasteiger charge is -2.08. The highest BCUT2D eigenvalue weighted by Crippen LogP contribution is 2.24. The minimum absolute atomic E-state index is 0.120. The van der Waals surface area contributed by atoms with E-state index in [9.17, 15) is 4.79 Å². The molecule has 0 atom stereocenters. The number of rotatable bonds is 9. The lowest BCUT2D eigenvalue weighted by molar-refractivity contribution is 0.0976. The van der Waals surface area contributed by atoms with Crippen LogP contribution in [0.2, 0.25) is 5.02 Å². The molecule has 0 saturated heterocycles. The number of ether oxygens (including phenoxy) is 1. The third-order valence-corrected chi connectivity index (χ3v) is 3.45. The SMILES string of the molecule is CCCCCCCCC(=O)c1cc(Cl)ccc1OC. The zero-order chi connectivity index (χ0) is 14.1. The number of carbonyl (C=O) groups excluding carboxylic acids is 1. The number of benzene rings is 1. The average Bonchev–Trinajstić information content (AvgIpc) is 2.42. The van der Waals surface area contributed by atoms with Gasteiger partial charge < -0.3 is 4.74 Å². The van der Waals surface area contributed by atoms with Crippen LogP contribution in [0, 0.1) is 0 Å². The van der Waals surface area contributed by atoms with E-state index >= 15 is 0 Å². The highest BCUT2D eigenvalue weighted by molar-refractivity contribution is 6.31. The van der Waals surface area contributed by atoms with Crippen LogP contribution >= 0.6 is 11.6 Å². The molecule has 1 aromatic carbocycles. The predicted molar refractivity (Wildman–Crippen MR) is 80.3 cm³/mol. The van der Waals surface area contributed by atoms with Gasteiger partial charge >= 0.3 is 0 Å². The topological polar surface area (TPSA) is 26.3 Å². The number of methoxy groups -OCH3 is 1. The van der Waals surface area contributed by atoms with Crippen LogP contribution in [0.1, 0.15) is 62.2 Å². The van der Waals surface area contributed by atoms with Crippen molar-refractivity contribution in [2.75, 3.05) is 7.11 Å². The van der Waals surface area contributed by atoms with Gasteiger partial charge in [0.25, 0.3) is 0 Å². The zero-order valence-corrected chi connectivity index (χ0v) is 12.6. The van der Waals surface area contributed by atoms with Gasteiger partial charge in [-0.2, -0.15) is 0 Å². The smallest absolute Gasteiger partial charge is 0.166 e. The second-order valence-electron chi connectivity index (χ2n) is 4.79. The average molecular weight is 283 g/mol. The minimum Gasteiger partial charge on any atom is -0.496 e. The van der Waals surface area contributed by atoms with E-state index < -0.39 is 0 Å². The Morgan fingerprint density at radius 3 is 2.53 bits per heavy atom. The molecule has 106 valence electrons. The number of hydrogen-bond acceptors (Lipinski definition) is 2. The maximum Gasteiger partial charge on any atom is 0.166 e. The molecule has 0 aromatic heterocycles. The molecule has 0 heterocycles. The van der Waals surface area contributed by atoms with Gasteiger partial charge in [0, 0.05) is 11.4 Å². The quantitative estimate of drug-likeness (QED) is 0.455. The number of halogens is 1. The van der Waals surface area contributed by atoms with Gasteiger partial charge in [0.1, 0.15) is 5.75 Å². The predicted octanol–water partition coefficient (Wildman–Crippen LogP) is 5.28.